The molecule has 5 aromatic carbocycles. The molecule has 1 heteroatoms. The second kappa shape index (κ2) is 5.72. The minimum absolute atomic E-state index is 1.11. The summed E-state index contributed by atoms with van der Waals surface area (Å²) in [5.74, 6) is 0. The normalized spacial score (nSPS) is 11.4. The van der Waals surface area contributed by atoms with E-state index in [-0.39, 0.29) is 0 Å². The van der Waals surface area contributed by atoms with E-state index in [4.69, 9.17) is 0 Å². The fourth-order valence-corrected chi connectivity index (χ4v) is 4.13. The van der Waals surface area contributed by atoms with Crippen LogP contribution >= 0.6 is 15.9 Å². The molecule has 0 aliphatic carbocycles. The lowest BCUT2D eigenvalue weighted by molar-refractivity contribution is 1.69. The van der Waals surface area contributed by atoms with Crippen molar-refractivity contribution in [3.8, 4) is 11.1 Å². The van der Waals surface area contributed by atoms with E-state index in [1.54, 1.807) is 0 Å². The van der Waals surface area contributed by atoms with Gasteiger partial charge in [0.2, 0.25) is 0 Å². The predicted octanol–water partition coefficient (Wildman–Crippen LogP) is 7.58. The Bertz CT molecular complexity index is 1250. The molecular formula is C24H15Br. The third-order valence-electron chi connectivity index (χ3n) is 4.88. The average molecular weight is 383 g/mol. The van der Waals surface area contributed by atoms with Crippen LogP contribution in [0.3, 0.4) is 0 Å². The van der Waals surface area contributed by atoms with Crippen molar-refractivity contribution in [1.29, 1.82) is 0 Å². The number of rotatable bonds is 1. The minimum Gasteiger partial charge on any atom is -0.0616 e. The molecule has 0 amide bonds. The third-order valence-corrected chi connectivity index (χ3v) is 5.38. The van der Waals surface area contributed by atoms with Gasteiger partial charge in [0.15, 0.2) is 0 Å². The van der Waals surface area contributed by atoms with E-state index in [1.807, 2.05) is 0 Å². The summed E-state index contributed by atoms with van der Waals surface area (Å²) in [6.45, 7) is 0. The summed E-state index contributed by atoms with van der Waals surface area (Å²) < 4.78 is 1.11. The summed E-state index contributed by atoms with van der Waals surface area (Å²) in [5.41, 5.74) is 2.60. The molecule has 0 N–H and O–H groups in total. The zero-order chi connectivity index (χ0) is 16.8. The lowest BCUT2D eigenvalue weighted by Gasteiger charge is -2.14. The third kappa shape index (κ3) is 2.35. The molecule has 0 aromatic heterocycles. The monoisotopic (exact) mass is 382 g/mol. The highest BCUT2D eigenvalue weighted by Crippen LogP contribution is 2.40. The van der Waals surface area contributed by atoms with Crippen molar-refractivity contribution in [1.82, 2.24) is 0 Å². The molecule has 0 radical (unpaired) electrons. The lowest BCUT2D eigenvalue weighted by Crippen LogP contribution is -1.87. The largest absolute Gasteiger partial charge is 0.0616 e. The number of fused-ring (bicyclic) bond motifs is 3. The zero-order valence-corrected chi connectivity index (χ0v) is 15.1. The highest BCUT2D eigenvalue weighted by atomic mass is 79.9. The molecule has 5 rings (SSSR count). The number of halogens is 1. The molecule has 0 heterocycles. The Balaban J connectivity index is 2.04. The maximum absolute atomic E-state index is 3.65. The minimum atomic E-state index is 1.11. The second-order valence-electron chi connectivity index (χ2n) is 6.36. The lowest BCUT2D eigenvalue weighted by atomic mass is 9.89. The number of benzene rings is 5. The van der Waals surface area contributed by atoms with Crippen molar-refractivity contribution >= 4 is 48.2 Å². The standard InChI is InChI=1S/C24H15Br/c25-19-13-12-18-14-17-7-2-4-10-21(17)24(23(18)15-19)22-11-5-8-16-6-1-3-9-20(16)22/h1-15H. The van der Waals surface area contributed by atoms with Crippen LogP contribution in [-0.2, 0) is 0 Å². The molecule has 25 heavy (non-hydrogen) atoms. The fraction of sp³-hybridized carbons (Fsp3) is 0. The van der Waals surface area contributed by atoms with Crippen molar-refractivity contribution in [2.24, 2.45) is 0 Å². The molecule has 118 valence electrons. The molecule has 0 bridgehead atoms. The van der Waals surface area contributed by atoms with Crippen molar-refractivity contribution in [2.45, 2.75) is 0 Å². The Hall–Kier alpha value is -2.64. The molecule has 0 aliphatic rings. The van der Waals surface area contributed by atoms with Gasteiger partial charge in [0.25, 0.3) is 0 Å². The van der Waals surface area contributed by atoms with E-state index in [9.17, 15) is 0 Å². The van der Waals surface area contributed by atoms with Crippen LogP contribution in [0, 0.1) is 0 Å². The van der Waals surface area contributed by atoms with Crippen LogP contribution in [0.4, 0.5) is 0 Å². The molecule has 0 saturated carbocycles. The van der Waals surface area contributed by atoms with Gasteiger partial charge in [0.1, 0.15) is 0 Å². The quantitative estimate of drug-likeness (QED) is 0.262. The Morgan fingerprint density at radius 1 is 0.480 bits per heavy atom. The van der Waals surface area contributed by atoms with Crippen LogP contribution in [0.1, 0.15) is 0 Å². The summed E-state index contributed by atoms with van der Waals surface area (Å²) in [7, 11) is 0. The first-order chi connectivity index (χ1) is 12.3. The molecule has 0 aliphatic heterocycles. The average Bonchev–Trinajstić information content (AvgIpc) is 2.66. The topological polar surface area (TPSA) is 0 Å². The second-order valence-corrected chi connectivity index (χ2v) is 7.28. The summed E-state index contributed by atoms with van der Waals surface area (Å²) in [6, 6.07) is 32.7. The van der Waals surface area contributed by atoms with Gasteiger partial charge in [0.05, 0.1) is 0 Å². The number of hydrogen-bond acceptors (Lipinski definition) is 0. The maximum atomic E-state index is 3.65. The first kappa shape index (κ1) is 14.7. The molecule has 0 nitrogen and oxygen atoms in total. The van der Waals surface area contributed by atoms with Crippen LogP contribution in [0.5, 0.6) is 0 Å². The summed E-state index contributed by atoms with van der Waals surface area (Å²) >= 11 is 3.65. The summed E-state index contributed by atoms with van der Waals surface area (Å²) in [4.78, 5) is 0. The maximum Gasteiger partial charge on any atom is 0.0181 e. The highest BCUT2D eigenvalue weighted by Gasteiger charge is 2.12. The molecule has 5 aromatic rings. The van der Waals surface area contributed by atoms with Gasteiger partial charge >= 0.3 is 0 Å². The summed E-state index contributed by atoms with van der Waals surface area (Å²) in [6.07, 6.45) is 0. The SMILES string of the molecule is Brc1ccc2cc3ccccc3c(-c3cccc4ccccc34)c2c1. The van der Waals surface area contributed by atoms with Gasteiger partial charge in [-0.25, -0.2) is 0 Å². The first-order valence-electron chi connectivity index (χ1n) is 8.40. The van der Waals surface area contributed by atoms with Crippen LogP contribution in [-0.4, -0.2) is 0 Å². The van der Waals surface area contributed by atoms with Gasteiger partial charge in [-0.2, -0.15) is 0 Å². The highest BCUT2D eigenvalue weighted by molar-refractivity contribution is 9.10. The van der Waals surface area contributed by atoms with Crippen LogP contribution < -0.4 is 0 Å². The molecule has 0 atom stereocenters. The Labute approximate surface area is 154 Å². The first-order valence-corrected chi connectivity index (χ1v) is 9.20. The van der Waals surface area contributed by atoms with E-state index >= 15 is 0 Å². The van der Waals surface area contributed by atoms with E-state index in [0.29, 0.717) is 0 Å². The molecule has 0 fully saturated rings. The summed E-state index contributed by atoms with van der Waals surface area (Å²) in [5, 5.41) is 7.69. The molecular weight excluding hydrogens is 368 g/mol. The molecule has 0 unspecified atom stereocenters. The van der Waals surface area contributed by atoms with Crippen molar-refractivity contribution in [2.75, 3.05) is 0 Å². The van der Waals surface area contributed by atoms with Gasteiger partial charge < -0.3 is 0 Å². The van der Waals surface area contributed by atoms with Crippen LogP contribution in [0.2, 0.25) is 0 Å². The van der Waals surface area contributed by atoms with Gasteiger partial charge in [-0.3, -0.25) is 0 Å². The predicted molar refractivity (Wildman–Crippen MR) is 112 cm³/mol. The van der Waals surface area contributed by atoms with Gasteiger partial charge in [0, 0.05) is 4.47 Å². The van der Waals surface area contributed by atoms with Crippen molar-refractivity contribution in [3.63, 3.8) is 0 Å². The van der Waals surface area contributed by atoms with E-state index < -0.39 is 0 Å². The van der Waals surface area contributed by atoms with Crippen molar-refractivity contribution < 1.29 is 0 Å². The van der Waals surface area contributed by atoms with Gasteiger partial charge in [-0.15, -0.1) is 0 Å². The van der Waals surface area contributed by atoms with E-state index in [2.05, 4.69) is 107 Å². The zero-order valence-electron chi connectivity index (χ0n) is 13.5. The Morgan fingerprint density at radius 2 is 1.16 bits per heavy atom. The van der Waals surface area contributed by atoms with Crippen LogP contribution in [0.15, 0.2) is 95.5 Å². The molecule has 0 saturated heterocycles. The van der Waals surface area contributed by atoms with Gasteiger partial charge in [-0.05, 0) is 61.6 Å². The van der Waals surface area contributed by atoms with Gasteiger partial charge in [-0.1, -0.05) is 88.7 Å². The fourth-order valence-electron chi connectivity index (χ4n) is 3.77. The number of hydrogen-bond donors (Lipinski definition) is 0. The van der Waals surface area contributed by atoms with E-state index in [0.717, 1.165) is 4.47 Å². The van der Waals surface area contributed by atoms with E-state index in [1.165, 1.54) is 43.4 Å². The van der Waals surface area contributed by atoms with Crippen molar-refractivity contribution in [3.05, 3.63) is 95.5 Å². The smallest absolute Gasteiger partial charge is 0.0181 e. The Kier molecular flexibility index (Phi) is 3.36. The van der Waals surface area contributed by atoms with Crippen LogP contribution in [0.25, 0.3) is 43.4 Å². The molecule has 0 spiro atoms. The Morgan fingerprint density at radius 3 is 2.04 bits per heavy atom.